The molecule has 0 radical (unpaired) electrons. The number of benzene rings is 1. The highest BCUT2D eigenvalue weighted by molar-refractivity contribution is 7.13. The number of thiophene rings is 1. The molecular weight excluding hydrogens is 426 g/mol. The number of hydrogen-bond acceptors (Lipinski definition) is 7. The zero-order valence-electron chi connectivity index (χ0n) is 17.5. The molecule has 162 valence electrons. The second-order valence-corrected chi connectivity index (χ2v) is 8.99. The number of amides is 1. The number of pyridine rings is 1. The van der Waals surface area contributed by atoms with Crippen molar-refractivity contribution in [3.63, 3.8) is 0 Å². The van der Waals surface area contributed by atoms with Crippen molar-refractivity contribution in [2.24, 2.45) is 0 Å². The molecule has 3 aromatic heterocycles. The van der Waals surface area contributed by atoms with Crippen LogP contribution < -0.4 is 9.47 Å². The lowest BCUT2D eigenvalue weighted by atomic mass is 10.0. The van der Waals surface area contributed by atoms with Crippen molar-refractivity contribution in [1.29, 1.82) is 0 Å². The van der Waals surface area contributed by atoms with Crippen molar-refractivity contribution in [1.82, 2.24) is 15.0 Å². The standard InChI is InChI=1S/C24H21N3O4S/c1-14-22-16(13-17(21-5-3-11-32-21)25-23(22)31-26-14)24(28)27-8-2-4-18(27)15-6-7-19-20(12-15)30-10-9-29-19/h3,5-7,11-13,18H,2,4,8-10H2,1H3/t18-/m1/s1. The monoisotopic (exact) mass is 447 g/mol. The lowest BCUT2D eigenvalue weighted by Crippen LogP contribution is -2.31. The zero-order valence-corrected chi connectivity index (χ0v) is 18.4. The second-order valence-electron chi connectivity index (χ2n) is 8.04. The van der Waals surface area contributed by atoms with E-state index in [-0.39, 0.29) is 11.9 Å². The van der Waals surface area contributed by atoms with Gasteiger partial charge < -0.3 is 18.9 Å². The fourth-order valence-electron chi connectivity index (χ4n) is 4.59. The Balaban J connectivity index is 1.41. The van der Waals surface area contributed by atoms with Gasteiger partial charge in [0, 0.05) is 6.54 Å². The van der Waals surface area contributed by atoms with Crippen LogP contribution in [-0.2, 0) is 0 Å². The minimum Gasteiger partial charge on any atom is -0.486 e. The average Bonchev–Trinajstić information content (AvgIpc) is 3.59. The molecule has 0 spiro atoms. The summed E-state index contributed by atoms with van der Waals surface area (Å²) in [5.74, 6) is 1.47. The van der Waals surface area contributed by atoms with E-state index < -0.39 is 0 Å². The third-order valence-electron chi connectivity index (χ3n) is 6.09. The summed E-state index contributed by atoms with van der Waals surface area (Å²) in [4.78, 5) is 21.4. The van der Waals surface area contributed by atoms with Crippen molar-refractivity contribution in [3.8, 4) is 22.1 Å². The molecule has 8 heteroatoms. The Kier molecular flexibility index (Phi) is 4.61. The van der Waals surface area contributed by atoms with Gasteiger partial charge in [0.2, 0.25) is 0 Å². The first-order valence-corrected chi connectivity index (χ1v) is 11.6. The van der Waals surface area contributed by atoms with Gasteiger partial charge in [-0.3, -0.25) is 4.79 Å². The molecule has 0 N–H and O–H groups in total. The van der Waals surface area contributed by atoms with Crippen LogP contribution in [-0.4, -0.2) is 40.7 Å². The van der Waals surface area contributed by atoms with E-state index in [4.69, 9.17) is 14.0 Å². The Labute approximate surface area is 188 Å². The molecule has 0 bridgehead atoms. The Bertz CT molecular complexity index is 1310. The lowest BCUT2D eigenvalue weighted by Gasteiger charge is -2.27. The predicted octanol–water partition coefficient (Wildman–Crippen LogP) is 5.01. The Morgan fingerprint density at radius 1 is 1.16 bits per heavy atom. The smallest absolute Gasteiger partial charge is 0.259 e. The van der Waals surface area contributed by atoms with Crippen LogP contribution in [0.25, 0.3) is 21.7 Å². The molecule has 0 saturated carbocycles. The van der Waals surface area contributed by atoms with Crippen LogP contribution in [0.5, 0.6) is 11.5 Å². The number of rotatable bonds is 3. The summed E-state index contributed by atoms with van der Waals surface area (Å²) < 4.78 is 16.9. The maximum absolute atomic E-state index is 13.9. The quantitative estimate of drug-likeness (QED) is 0.439. The van der Waals surface area contributed by atoms with Crippen molar-refractivity contribution in [3.05, 3.63) is 58.6 Å². The van der Waals surface area contributed by atoms with E-state index in [9.17, 15) is 4.79 Å². The minimum atomic E-state index is -0.0288. The van der Waals surface area contributed by atoms with E-state index in [1.54, 1.807) is 11.3 Å². The summed E-state index contributed by atoms with van der Waals surface area (Å²) in [7, 11) is 0. The number of likely N-dealkylation sites (tertiary alicyclic amines) is 1. The van der Waals surface area contributed by atoms with Gasteiger partial charge in [0.05, 0.1) is 33.3 Å². The van der Waals surface area contributed by atoms with Gasteiger partial charge in [0.15, 0.2) is 11.5 Å². The van der Waals surface area contributed by atoms with Gasteiger partial charge in [-0.15, -0.1) is 11.3 Å². The highest BCUT2D eigenvalue weighted by atomic mass is 32.1. The number of aromatic nitrogens is 2. The number of ether oxygens (including phenoxy) is 2. The summed E-state index contributed by atoms with van der Waals surface area (Å²) in [5.41, 5.74) is 3.44. The Morgan fingerprint density at radius 3 is 2.88 bits per heavy atom. The minimum absolute atomic E-state index is 0.0214. The van der Waals surface area contributed by atoms with Crippen molar-refractivity contribution < 1.29 is 18.8 Å². The number of carbonyl (C=O) groups is 1. The molecule has 7 nitrogen and oxygen atoms in total. The summed E-state index contributed by atoms with van der Waals surface area (Å²) in [6, 6.07) is 11.8. The van der Waals surface area contributed by atoms with Crippen LogP contribution in [0.1, 0.15) is 40.5 Å². The SMILES string of the molecule is Cc1noc2nc(-c3cccs3)cc(C(=O)N3CCC[C@@H]3c3ccc4c(c3)OCCO4)c12. The van der Waals surface area contributed by atoms with Crippen LogP contribution in [0.15, 0.2) is 46.3 Å². The fraction of sp³-hybridized carbons (Fsp3) is 0.292. The van der Waals surface area contributed by atoms with Crippen molar-refractivity contribution in [2.45, 2.75) is 25.8 Å². The van der Waals surface area contributed by atoms with Gasteiger partial charge in [-0.2, -0.15) is 0 Å². The molecule has 32 heavy (non-hydrogen) atoms. The van der Waals surface area contributed by atoms with Crippen LogP contribution in [0, 0.1) is 6.92 Å². The number of hydrogen-bond donors (Lipinski definition) is 0. The molecular formula is C24H21N3O4S. The van der Waals surface area contributed by atoms with Crippen LogP contribution in [0.3, 0.4) is 0 Å². The second kappa shape index (κ2) is 7.63. The Hall–Kier alpha value is -3.39. The topological polar surface area (TPSA) is 77.7 Å². The van der Waals surface area contributed by atoms with Crippen LogP contribution in [0.2, 0.25) is 0 Å². The molecule has 1 saturated heterocycles. The van der Waals surface area contributed by atoms with Crippen LogP contribution in [0.4, 0.5) is 0 Å². The van der Waals surface area contributed by atoms with E-state index in [0.717, 1.165) is 40.5 Å². The van der Waals surface area contributed by atoms with Crippen molar-refractivity contribution >= 4 is 28.3 Å². The lowest BCUT2D eigenvalue weighted by molar-refractivity contribution is 0.0737. The van der Waals surface area contributed by atoms with Gasteiger partial charge in [-0.25, -0.2) is 4.98 Å². The zero-order chi connectivity index (χ0) is 21.7. The molecule has 4 aromatic rings. The van der Waals surface area contributed by atoms with E-state index >= 15 is 0 Å². The summed E-state index contributed by atoms with van der Waals surface area (Å²) in [5, 5.41) is 6.75. The molecule has 1 fully saturated rings. The molecule has 6 rings (SSSR count). The van der Waals surface area contributed by atoms with E-state index in [1.165, 1.54) is 0 Å². The molecule has 2 aliphatic rings. The Morgan fingerprint density at radius 2 is 2.03 bits per heavy atom. The largest absolute Gasteiger partial charge is 0.486 e. The van der Waals surface area contributed by atoms with E-state index in [0.29, 0.717) is 42.1 Å². The first-order valence-electron chi connectivity index (χ1n) is 10.7. The van der Waals surface area contributed by atoms with E-state index in [2.05, 4.69) is 10.1 Å². The van der Waals surface area contributed by atoms with Crippen molar-refractivity contribution in [2.75, 3.05) is 19.8 Å². The third-order valence-corrected chi connectivity index (χ3v) is 6.98. The van der Waals surface area contributed by atoms with Gasteiger partial charge in [0.1, 0.15) is 13.2 Å². The third kappa shape index (κ3) is 3.14. The number of fused-ring (bicyclic) bond motifs is 2. The molecule has 5 heterocycles. The average molecular weight is 448 g/mol. The summed E-state index contributed by atoms with van der Waals surface area (Å²) in [6.07, 6.45) is 1.85. The molecule has 0 unspecified atom stereocenters. The van der Waals surface area contributed by atoms with Gasteiger partial charge in [-0.1, -0.05) is 17.3 Å². The predicted molar refractivity (Wildman–Crippen MR) is 120 cm³/mol. The molecule has 2 aliphatic heterocycles. The number of nitrogens with zero attached hydrogens (tertiary/aromatic N) is 3. The van der Waals surface area contributed by atoms with E-state index in [1.807, 2.05) is 53.6 Å². The van der Waals surface area contributed by atoms with Gasteiger partial charge >= 0.3 is 0 Å². The number of aryl methyl sites for hydroxylation is 1. The molecule has 0 aliphatic carbocycles. The molecule has 1 aromatic carbocycles. The highest BCUT2D eigenvalue weighted by Crippen LogP contribution is 2.39. The van der Waals surface area contributed by atoms with Gasteiger partial charge in [-0.05, 0) is 55.0 Å². The van der Waals surface area contributed by atoms with Gasteiger partial charge in [0.25, 0.3) is 11.6 Å². The van der Waals surface area contributed by atoms with Crippen LogP contribution >= 0.6 is 11.3 Å². The first kappa shape index (κ1) is 19.3. The summed E-state index contributed by atoms with van der Waals surface area (Å²) in [6.45, 7) is 3.64. The highest BCUT2D eigenvalue weighted by Gasteiger charge is 2.33. The maximum atomic E-state index is 13.9. The fourth-order valence-corrected chi connectivity index (χ4v) is 5.28. The molecule has 1 amide bonds. The maximum Gasteiger partial charge on any atom is 0.259 e. The number of carbonyl (C=O) groups excluding carboxylic acids is 1. The summed E-state index contributed by atoms with van der Waals surface area (Å²) >= 11 is 1.58. The first-order chi connectivity index (χ1) is 15.7. The normalized spacial score (nSPS) is 17.8. The molecule has 1 atom stereocenters.